The fourth-order valence-corrected chi connectivity index (χ4v) is 3.33. The predicted molar refractivity (Wildman–Crippen MR) is 111 cm³/mol. The summed E-state index contributed by atoms with van der Waals surface area (Å²) in [5.74, 6) is 0.733. The van der Waals surface area contributed by atoms with Gasteiger partial charge in [0.1, 0.15) is 24.2 Å². The first kappa shape index (κ1) is 18.2. The number of ether oxygens (including phenoxy) is 1. The number of pyridine rings is 1. The van der Waals surface area contributed by atoms with E-state index in [1.54, 1.807) is 31.4 Å². The van der Waals surface area contributed by atoms with Gasteiger partial charge in [-0.2, -0.15) is 15.1 Å². The Hall–Kier alpha value is -4.18. The molecular formula is C22H17N5O2. The molecular weight excluding hydrogens is 366 g/mol. The summed E-state index contributed by atoms with van der Waals surface area (Å²) in [6.07, 6.45) is 0. The van der Waals surface area contributed by atoms with Crippen LogP contribution in [0.4, 0.5) is 5.69 Å². The van der Waals surface area contributed by atoms with Gasteiger partial charge in [0.15, 0.2) is 5.65 Å². The van der Waals surface area contributed by atoms with Crippen molar-refractivity contribution in [3.63, 3.8) is 0 Å². The van der Waals surface area contributed by atoms with Crippen LogP contribution in [-0.2, 0) is 0 Å². The van der Waals surface area contributed by atoms with Crippen LogP contribution >= 0.6 is 0 Å². The molecule has 0 saturated carbocycles. The fraction of sp³-hybridized carbons (Fsp3) is 0.0909. The van der Waals surface area contributed by atoms with E-state index in [4.69, 9.17) is 4.74 Å². The molecule has 1 N–H and O–H groups in total. The third-order valence-corrected chi connectivity index (χ3v) is 4.86. The highest BCUT2D eigenvalue weighted by molar-refractivity contribution is 5.96. The van der Waals surface area contributed by atoms with Gasteiger partial charge in [0, 0.05) is 23.3 Å². The number of nitriles is 1. The van der Waals surface area contributed by atoms with Crippen molar-refractivity contribution in [2.75, 3.05) is 7.11 Å². The highest BCUT2D eigenvalue weighted by Crippen LogP contribution is 2.34. The molecule has 0 atom stereocenters. The van der Waals surface area contributed by atoms with Gasteiger partial charge in [0.05, 0.1) is 23.8 Å². The molecule has 7 nitrogen and oxygen atoms in total. The molecule has 0 bridgehead atoms. The molecule has 29 heavy (non-hydrogen) atoms. The largest absolute Gasteiger partial charge is 0.619 e. The number of hydrogen-bond acceptors (Lipinski definition) is 5. The minimum absolute atomic E-state index is 0.447. The SMILES string of the molecule is C=[N+]([O-])c1ccc(-c2n[nH]c3nc(-c4ccc(OC)cc4)c(C#N)c(C)c23)cc1. The number of hydrogen-bond donors (Lipinski definition) is 1. The second kappa shape index (κ2) is 7.09. The molecule has 0 aliphatic rings. The number of benzene rings is 2. The highest BCUT2D eigenvalue weighted by atomic mass is 16.5. The maximum Gasteiger partial charge on any atom is 0.215 e. The van der Waals surface area contributed by atoms with Crippen LogP contribution in [0.15, 0.2) is 48.5 Å². The molecule has 2 aromatic carbocycles. The smallest absolute Gasteiger partial charge is 0.215 e. The summed E-state index contributed by atoms with van der Waals surface area (Å²) in [6.45, 7) is 5.23. The average molecular weight is 383 g/mol. The lowest BCUT2D eigenvalue weighted by atomic mass is 9.97. The Balaban J connectivity index is 1.89. The Morgan fingerprint density at radius 2 is 1.69 bits per heavy atom. The third-order valence-electron chi connectivity index (χ3n) is 4.86. The van der Waals surface area contributed by atoms with Crippen molar-refractivity contribution >= 4 is 23.4 Å². The summed E-state index contributed by atoms with van der Waals surface area (Å²) in [5, 5.41) is 29.3. The van der Waals surface area contributed by atoms with E-state index in [2.05, 4.69) is 28.0 Å². The topological polar surface area (TPSA) is 101 Å². The van der Waals surface area contributed by atoms with Crippen LogP contribution in [0, 0.1) is 23.5 Å². The number of fused-ring (bicyclic) bond motifs is 1. The number of nitrogens with one attached hydrogen (secondary N) is 1. The first-order valence-corrected chi connectivity index (χ1v) is 8.85. The van der Waals surface area contributed by atoms with Crippen molar-refractivity contribution in [2.45, 2.75) is 6.92 Å². The molecule has 4 aromatic rings. The van der Waals surface area contributed by atoms with E-state index in [1.165, 1.54) is 0 Å². The van der Waals surface area contributed by atoms with Gasteiger partial charge >= 0.3 is 0 Å². The number of methoxy groups -OCH3 is 1. The summed E-state index contributed by atoms with van der Waals surface area (Å²) in [5.41, 5.74) is 5.22. The molecule has 0 unspecified atom stereocenters. The lowest BCUT2D eigenvalue weighted by Gasteiger charge is -2.09. The van der Waals surface area contributed by atoms with Gasteiger partial charge in [0.2, 0.25) is 5.69 Å². The van der Waals surface area contributed by atoms with Gasteiger partial charge in [0.25, 0.3) is 0 Å². The second-order valence-corrected chi connectivity index (χ2v) is 6.52. The van der Waals surface area contributed by atoms with Crippen LogP contribution in [-0.4, -0.2) is 33.7 Å². The maximum atomic E-state index is 11.3. The van der Waals surface area contributed by atoms with Crippen LogP contribution in [0.1, 0.15) is 11.1 Å². The van der Waals surface area contributed by atoms with Crippen molar-refractivity contribution in [3.8, 4) is 34.3 Å². The number of aryl methyl sites for hydroxylation is 1. The zero-order valence-corrected chi connectivity index (χ0v) is 15.9. The summed E-state index contributed by atoms with van der Waals surface area (Å²) >= 11 is 0. The van der Waals surface area contributed by atoms with Gasteiger partial charge < -0.3 is 9.94 Å². The van der Waals surface area contributed by atoms with Crippen LogP contribution in [0.5, 0.6) is 5.75 Å². The summed E-state index contributed by atoms with van der Waals surface area (Å²) in [4.78, 5) is 4.67. The number of aromatic amines is 1. The van der Waals surface area contributed by atoms with Gasteiger partial charge in [-0.3, -0.25) is 5.10 Å². The summed E-state index contributed by atoms with van der Waals surface area (Å²) in [6, 6.07) is 16.6. The van der Waals surface area contributed by atoms with Crippen LogP contribution in [0.2, 0.25) is 0 Å². The van der Waals surface area contributed by atoms with E-state index in [0.29, 0.717) is 33.0 Å². The van der Waals surface area contributed by atoms with Crippen molar-refractivity contribution in [3.05, 3.63) is 64.9 Å². The molecule has 4 rings (SSSR count). The minimum Gasteiger partial charge on any atom is -0.619 e. The van der Waals surface area contributed by atoms with Crippen molar-refractivity contribution in [1.82, 2.24) is 15.2 Å². The first-order valence-electron chi connectivity index (χ1n) is 8.85. The predicted octanol–water partition coefficient (Wildman–Crippen LogP) is 4.32. The van der Waals surface area contributed by atoms with Gasteiger partial charge in [-0.15, -0.1) is 0 Å². The lowest BCUT2D eigenvalue weighted by molar-refractivity contribution is -0.349. The summed E-state index contributed by atoms with van der Waals surface area (Å²) in [7, 11) is 1.61. The molecule has 0 amide bonds. The molecule has 0 aliphatic heterocycles. The van der Waals surface area contributed by atoms with E-state index in [-0.39, 0.29) is 0 Å². The monoisotopic (exact) mass is 383 g/mol. The molecule has 7 heteroatoms. The van der Waals surface area contributed by atoms with Gasteiger partial charge in [-0.05, 0) is 48.9 Å². The Morgan fingerprint density at radius 3 is 2.28 bits per heavy atom. The average Bonchev–Trinajstić information content (AvgIpc) is 3.18. The maximum absolute atomic E-state index is 11.3. The fourth-order valence-electron chi connectivity index (χ4n) is 3.33. The molecule has 2 aromatic heterocycles. The minimum atomic E-state index is 0.447. The molecule has 0 aliphatic carbocycles. The molecule has 0 spiro atoms. The molecule has 0 saturated heterocycles. The van der Waals surface area contributed by atoms with E-state index in [1.807, 2.05) is 31.2 Å². The Bertz CT molecular complexity index is 1270. The van der Waals surface area contributed by atoms with Gasteiger partial charge in [-0.1, -0.05) is 0 Å². The van der Waals surface area contributed by atoms with E-state index in [0.717, 1.165) is 27.8 Å². The standard InChI is InChI=1S/C22H17N5O2/c1-13-18(12-23)20(14-6-10-17(29-3)11-7-14)24-22-19(13)21(25-26-22)15-4-8-16(9-5-15)27(2)28/h4-11H,2H2,1,3H3,(H,24,25,26). The highest BCUT2D eigenvalue weighted by Gasteiger charge is 2.19. The third kappa shape index (κ3) is 3.07. The van der Waals surface area contributed by atoms with Crippen LogP contribution in [0.25, 0.3) is 33.5 Å². The number of rotatable bonds is 4. The van der Waals surface area contributed by atoms with Crippen molar-refractivity contribution in [1.29, 1.82) is 5.26 Å². The number of H-pyrrole nitrogens is 1. The van der Waals surface area contributed by atoms with Crippen molar-refractivity contribution < 1.29 is 9.48 Å². The Kier molecular flexibility index (Phi) is 4.45. The van der Waals surface area contributed by atoms with E-state index in [9.17, 15) is 10.5 Å². The number of aromatic nitrogens is 3. The van der Waals surface area contributed by atoms with E-state index >= 15 is 0 Å². The van der Waals surface area contributed by atoms with Crippen LogP contribution < -0.4 is 4.74 Å². The lowest BCUT2D eigenvalue weighted by Crippen LogP contribution is -1.96. The zero-order valence-electron chi connectivity index (χ0n) is 15.9. The number of nitrogens with zero attached hydrogens (tertiary/aromatic N) is 4. The zero-order chi connectivity index (χ0) is 20.5. The molecule has 0 radical (unpaired) electrons. The molecule has 142 valence electrons. The van der Waals surface area contributed by atoms with Crippen molar-refractivity contribution in [2.24, 2.45) is 0 Å². The molecule has 2 heterocycles. The second-order valence-electron chi connectivity index (χ2n) is 6.52. The normalized spacial score (nSPS) is 10.7. The molecule has 0 fully saturated rings. The quantitative estimate of drug-likeness (QED) is 0.245. The Labute approximate surface area is 167 Å². The van der Waals surface area contributed by atoms with Gasteiger partial charge in [-0.25, -0.2) is 4.98 Å². The van der Waals surface area contributed by atoms with Crippen LogP contribution in [0.3, 0.4) is 0 Å². The summed E-state index contributed by atoms with van der Waals surface area (Å²) < 4.78 is 5.75. The Morgan fingerprint density at radius 1 is 1.07 bits per heavy atom. The van der Waals surface area contributed by atoms with E-state index < -0.39 is 0 Å². The first-order chi connectivity index (χ1) is 14.0.